The fraction of sp³-hybridized carbons (Fsp3) is 0.258. The highest BCUT2D eigenvalue weighted by Crippen LogP contribution is 2.56. The van der Waals surface area contributed by atoms with Crippen molar-refractivity contribution >= 4 is 68.6 Å². The number of hydrogen-bond donors (Lipinski definition) is 0. The number of rotatable bonds is 7. The molecule has 42 heavy (non-hydrogen) atoms. The summed E-state index contributed by atoms with van der Waals surface area (Å²) in [7, 11) is 0. The van der Waals surface area contributed by atoms with Gasteiger partial charge in [-0.25, -0.2) is 9.80 Å². The minimum absolute atomic E-state index is 0.0769. The zero-order valence-electron chi connectivity index (χ0n) is 22.0. The van der Waals surface area contributed by atoms with Crippen LogP contribution in [0.2, 0.25) is 10.0 Å². The van der Waals surface area contributed by atoms with Crippen molar-refractivity contribution < 1.29 is 28.7 Å². The van der Waals surface area contributed by atoms with Crippen LogP contribution in [0.25, 0.3) is 0 Å². The zero-order valence-corrected chi connectivity index (χ0v) is 25.1. The highest BCUT2D eigenvalue weighted by atomic mass is 79.9. The van der Waals surface area contributed by atoms with Crippen molar-refractivity contribution in [1.29, 1.82) is 0 Å². The molecular weight excluding hydrogens is 647 g/mol. The van der Waals surface area contributed by atoms with Crippen molar-refractivity contribution in [2.75, 3.05) is 6.54 Å². The monoisotopic (exact) mass is 668 g/mol. The number of Topliss-reactive ketones (excluding diaryl/α,β-unsaturated/α-hetero) is 1. The number of fused-ring (bicyclic) bond motifs is 5. The number of ether oxygens (including phenoxy) is 1. The fourth-order valence-electron chi connectivity index (χ4n) is 6.33. The molecule has 2 aliphatic carbocycles. The number of esters is 1. The normalized spacial score (nSPS) is 22.3. The van der Waals surface area contributed by atoms with E-state index >= 15 is 0 Å². The Morgan fingerprint density at radius 3 is 1.98 bits per heavy atom. The van der Waals surface area contributed by atoms with Crippen molar-refractivity contribution in [3.05, 3.63) is 97.9 Å². The summed E-state index contributed by atoms with van der Waals surface area (Å²) in [6.07, 6.45) is 2.58. The van der Waals surface area contributed by atoms with Gasteiger partial charge in [-0.3, -0.25) is 19.2 Å². The van der Waals surface area contributed by atoms with Crippen molar-refractivity contribution in [2.24, 2.45) is 23.7 Å². The molecule has 1 saturated heterocycles. The van der Waals surface area contributed by atoms with Crippen molar-refractivity contribution in [1.82, 2.24) is 10.0 Å². The number of carbonyl (C=O) groups excluding carboxylic acids is 5. The number of carbonyl (C=O) groups is 5. The molecule has 8 nitrogen and oxygen atoms in total. The first-order valence-electron chi connectivity index (χ1n) is 13.4. The van der Waals surface area contributed by atoms with Gasteiger partial charge in [-0.2, -0.15) is 5.01 Å². The lowest BCUT2D eigenvalue weighted by atomic mass is 9.81. The van der Waals surface area contributed by atoms with E-state index in [1.165, 1.54) is 42.5 Å². The predicted molar refractivity (Wildman–Crippen MR) is 157 cm³/mol. The molecule has 0 radical (unpaired) electrons. The van der Waals surface area contributed by atoms with Crippen LogP contribution >= 0.6 is 39.1 Å². The van der Waals surface area contributed by atoms with Crippen LogP contribution in [0.5, 0.6) is 5.75 Å². The maximum atomic E-state index is 13.7. The maximum Gasteiger partial charge on any atom is 0.343 e. The number of amides is 3. The highest BCUT2D eigenvalue weighted by Gasteiger charge is 2.62. The molecule has 0 unspecified atom stereocenters. The van der Waals surface area contributed by atoms with Crippen LogP contribution in [0.1, 0.15) is 50.3 Å². The maximum absolute atomic E-state index is 13.7. The first-order chi connectivity index (χ1) is 20.1. The first-order valence-corrected chi connectivity index (χ1v) is 14.9. The molecule has 2 saturated carbocycles. The number of nitrogens with zero attached hydrogens (tertiary/aromatic N) is 2. The minimum Gasteiger partial charge on any atom is -0.423 e. The summed E-state index contributed by atoms with van der Waals surface area (Å²) in [5.74, 6) is -3.24. The highest BCUT2D eigenvalue weighted by molar-refractivity contribution is 9.10. The summed E-state index contributed by atoms with van der Waals surface area (Å²) in [4.78, 5) is 66.8. The van der Waals surface area contributed by atoms with Crippen molar-refractivity contribution in [3.8, 4) is 5.75 Å². The molecule has 1 aliphatic heterocycles. The third-order valence-corrected chi connectivity index (χ3v) is 9.57. The molecule has 11 heteroatoms. The second-order valence-electron chi connectivity index (χ2n) is 10.7. The van der Waals surface area contributed by atoms with Gasteiger partial charge in [0.15, 0.2) is 5.78 Å². The Kier molecular flexibility index (Phi) is 7.68. The van der Waals surface area contributed by atoms with Gasteiger partial charge in [-0.15, -0.1) is 0 Å². The van der Waals surface area contributed by atoms with E-state index in [9.17, 15) is 24.0 Å². The van der Waals surface area contributed by atoms with Crippen LogP contribution in [0, 0.1) is 23.7 Å². The average molecular weight is 670 g/mol. The zero-order chi connectivity index (χ0) is 29.7. The molecule has 3 aromatic carbocycles. The Morgan fingerprint density at radius 1 is 0.810 bits per heavy atom. The summed E-state index contributed by atoms with van der Waals surface area (Å²) in [6.45, 7) is -0.566. The SMILES string of the molecule is O=C(CN(C(=O)c1ccc(Cl)c(Cl)c1)N1C(=O)[C@@H]2[C@H]3CC[C@@H](C3)[C@H]2C1=O)c1ccc(OC(=O)c2ccc(Br)cc2)cc1. The molecular formula is C31H23BrCl2N2O6. The quantitative estimate of drug-likeness (QED) is 0.128. The molecule has 214 valence electrons. The Labute approximate surface area is 259 Å². The summed E-state index contributed by atoms with van der Waals surface area (Å²) in [5, 5.41) is 2.15. The number of halogens is 3. The van der Waals surface area contributed by atoms with Crippen LogP contribution in [0.4, 0.5) is 0 Å². The van der Waals surface area contributed by atoms with E-state index < -0.39 is 47.9 Å². The molecule has 3 aromatic rings. The van der Waals surface area contributed by atoms with Gasteiger partial charge in [0, 0.05) is 15.6 Å². The van der Waals surface area contributed by atoms with Gasteiger partial charge >= 0.3 is 5.97 Å². The predicted octanol–water partition coefficient (Wildman–Crippen LogP) is 6.25. The number of hydrogen-bond acceptors (Lipinski definition) is 6. The number of benzene rings is 3. The minimum atomic E-state index is -0.726. The van der Waals surface area contributed by atoms with Crippen LogP contribution in [0.15, 0.2) is 71.2 Å². The van der Waals surface area contributed by atoms with Gasteiger partial charge in [0.25, 0.3) is 17.7 Å². The van der Waals surface area contributed by atoms with Gasteiger partial charge in [-0.1, -0.05) is 39.1 Å². The third kappa shape index (κ3) is 5.14. The number of ketones is 1. The van der Waals surface area contributed by atoms with Crippen LogP contribution in [-0.4, -0.2) is 46.0 Å². The Balaban J connectivity index is 1.24. The van der Waals surface area contributed by atoms with E-state index in [4.69, 9.17) is 27.9 Å². The Hall–Kier alpha value is -3.53. The smallest absolute Gasteiger partial charge is 0.343 e. The Morgan fingerprint density at radius 2 is 1.38 bits per heavy atom. The van der Waals surface area contributed by atoms with Crippen LogP contribution in [0.3, 0.4) is 0 Å². The van der Waals surface area contributed by atoms with Gasteiger partial charge in [0.1, 0.15) is 12.3 Å². The lowest BCUT2D eigenvalue weighted by Gasteiger charge is -2.31. The topological polar surface area (TPSA) is 101 Å². The molecule has 0 spiro atoms. The number of imide groups is 1. The average Bonchev–Trinajstić information content (AvgIpc) is 3.67. The van der Waals surface area contributed by atoms with E-state index in [1.54, 1.807) is 24.3 Å². The van der Waals surface area contributed by atoms with Crippen LogP contribution in [-0.2, 0) is 9.59 Å². The van der Waals surface area contributed by atoms with Gasteiger partial charge in [0.05, 0.1) is 27.4 Å². The second kappa shape index (κ2) is 11.3. The van der Waals surface area contributed by atoms with E-state index in [0.29, 0.717) is 5.56 Å². The van der Waals surface area contributed by atoms with Gasteiger partial charge in [-0.05, 0) is 97.8 Å². The van der Waals surface area contributed by atoms with E-state index in [1.807, 2.05) is 0 Å². The van der Waals surface area contributed by atoms with E-state index in [0.717, 1.165) is 33.8 Å². The number of hydrazine groups is 1. The molecule has 3 fully saturated rings. The molecule has 2 bridgehead atoms. The summed E-state index contributed by atoms with van der Waals surface area (Å²) >= 11 is 15.5. The summed E-state index contributed by atoms with van der Waals surface area (Å²) in [6, 6.07) is 16.7. The molecule has 0 aromatic heterocycles. The van der Waals surface area contributed by atoms with E-state index in [-0.39, 0.29) is 38.8 Å². The molecule has 0 N–H and O–H groups in total. The Bertz CT molecular complexity index is 1600. The summed E-state index contributed by atoms with van der Waals surface area (Å²) < 4.78 is 6.22. The van der Waals surface area contributed by atoms with Crippen LogP contribution < -0.4 is 4.74 Å². The lowest BCUT2D eigenvalue weighted by molar-refractivity contribution is -0.155. The molecule has 3 amide bonds. The van der Waals surface area contributed by atoms with E-state index in [2.05, 4.69) is 15.9 Å². The molecule has 4 atom stereocenters. The van der Waals surface area contributed by atoms with Gasteiger partial charge < -0.3 is 4.74 Å². The molecule has 6 rings (SSSR count). The lowest BCUT2D eigenvalue weighted by Crippen LogP contribution is -2.52. The molecule has 3 aliphatic rings. The third-order valence-electron chi connectivity index (χ3n) is 8.31. The summed E-state index contributed by atoms with van der Waals surface area (Å²) in [5.41, 5.74) is 0.630. The first kappa shape index (κ1) is 28.6. The van der Waals surface area contributed by atoms with Gasteiger partial charge in [0.2, 0.25) is 0 Å². The molecule has 1 heterocycles. The standard InChI is InChI=1S/C31H23BrCl2N2O6/c32-21-8-3-17(4-9-21)31(41)42-22-10-5-16(6-11-22)25(37)15-35(28(38)20-7-12-23(33)24(34)14-20)36-29(39)26-18-1-2-19(13-18)27(26)30(36)40/h3-12,14,18-19,26-27H,1-2,13,15H2/t18-,19-,26+,27+/m0/s1. The van der Waals surface area contributed by atoms with Crippen molar-refractivity contribution in [2.45, 2.75) is 19.3 Å². The van der Waals surface area contributed by atoms with Crippen molar-refractivity contribution in [3.63, 3.8) is 0 Å². The largest absolute Gasteiger partial charge is 0.423 e. The second-order valence-corrected chi connectivity index (χ2v) is 12.4. The fourth-order valence-corrected chi connectivity index (χ4v) is 6.89.